The van der Waals surface area contributed by atoms with Gasteiger partial charge in [-0.1, -0.05) is 35.0 Å². The predicted molar refractivity (Wildman–Crippen MR) is 97.1 cm³/mol. The van der Waals surface area contributed by atoms with Crippen molar-refractivity contribution in [2.45, 2.75) is 19.4 Å². The van der Waals surface area contributed by atoms with Gasteiger partial charge in [0.2, 0.25) is 11.7 Å². The van der Waals surface area contributed by atoms with Gasteiger partial charge in [-0.3, -0.25) is 4.79 Å². The molecule has 0 aliphatic carbocycles. The normalized spacial score (nSPS) is 14.0. The minimum Gasteiger partial charge on any atom is -0.484 e. The van der Waals surface area contributed by atoms with Crippen LogP contribution >= 0.6 is 11.6 Å². The van der Waals surface area contributed by atoms with Gasteiger partial charge in [0, 0.05) is 30.3 Å². The molecule has 1 aromatic heterocycles. The number of nitrogens with zero attached hydrogens (tertiary/aromatic N) is 3. The van der Waals surface area contributed by atoms with Crippen molar-refractivity contribution in [3.8, 4) is 17.1 Å². The maximum absolute atomic E-state index is 11.9. The Kier molecular flexibility index (Phi) is 4.58. The van der Waals surface area contributed by atoms with Crippen molar-refractivity contribution < 1.29 is 14.1 Å². The number of aromatic nitrogens is 2. The molecule has 1 amide bonds. The summed E-state index contributed by atoms with van der Waals surface area (Å²) in [5.41, 5.74) is 1.55. The van der Waals surface area contributed by atoms with Crippen molar-refractivity contribution in [3.63, 3.8) is 0 Å². The molecule has 0 atom stereocenters. The fourth-order valence-electron chi connectivity index (χ4n) is 2.87. The van der Waals surface area contributed by atoms with E-state index in [1.807, 2.05) is 42.5 Å². The van der Waals surface area contributed by atoms with Crippen molar-refractivity contribution in [1.82, 2.24) is 10.1 Å². The van der Waals surface area contributed by atoms with Crippen LogP contribution in [0.2, 0.25) is 5.02 Å². The Hall–Kier alpha value is -2.86. The van der Waals surface area contributed by atoms with E-state index in [0.717, 1.165) is 18.7 Å². The lowest BCUT2D eigenvalue weighted by Crippen LogP contribution is -2.23. The Balaban J connectivity index is 1.45. The molecule has 6 nitrogen and oxygen atoms in total. The summed E-state index contributed by atoms with van der Waals surface area (Å²) in [7, 11) is 0. The Morgan fingerprint density at radius 1 is 1.19 bits per heavy atom. The molecule has 0 spiro atoms. The summed E-state index contributed by atoms with van der Waals surface area (Å²) in [5.74, 6) is 1.55. The molecule has 0 N–H and O–H groups in total. The van der Waals surface area contributed by atoms with Crippen molar-refractivity contribution >= 4 is 23.2 Å². The third kappa shape index (κ3) is 3.41. The van der Waals surface area contributed by atoms with E-state index in [0.29, 0.717) is 34.5 Å². The van der Waals surface area contributed by atoms with Crippen LogP contribution < -0.4 is 9.64 Å². The van der Waals surface area contributed by atoms with E-state index < -0.39 is 0 Å². The second kappa shape index (κ2) is 7.17. The standard InChI is InChI=1S/C19H16ClN3O3/c20-16-8-2-1-7-15(16)19-21-17(26-22-19)12-25-14-6-3-5-13(11-14)23-10-4-9-18(23)24/h1-3,5-8,11H,4,9-10,12H2. The second-order valence-corrected chi connectivity index (χ2v) is 6.33. The molecule has 2 aromatic carbocycles. The van der Waals surface area contributed by atoms with Crippen LogP contribution in [-0.2, 0) is 11.4 Å². The van der Waals surface area contributed by atoms with Gasteiger partial charge >= 0.3 is 0 Å². The zero-order chi connectivity index (χ0) is 17.9. The van der Waals surface area contributed by atoms with Crippen LogP contribution in [0.15, 0.2) is 53.1 Å². The van der Waals surface area contributed by atoms with E-state index in [1.165, 1.54) is 0 Å². The third-order valence-corrected chi connectivity index (χ3v) is 4.48. The molecule has 1 fully saturated rings. The van der Waals surface area contributed by atoms with Crippen molar-refractivity contribution in [1.29, 1.82) is 0 Å². The van der Waals surface area contributed by atoms with E-state index in [1.54, 1.807) is 11.0 Å². The number of benzene rings is 2. The molecule has 4 rings (SSSR count). The highest BCUT2D eigenvalue weighted by Crippen LogP contribution is 2.27. The zero-order valence-corrected chi connectivity index (χ0v) is 14.6. The van der Waals surface area contributed by atoms with Crippen molar-refractivity contribution in [2.24, 2.45) is 0 Å². The summed E-state index contributed by atoms with van der Waals surface area (Å²) in [5, 5.41) is 4.51. The van der Waals surface area contributed by atoms with Crippen LogP contribution in [0.25, 0.3) is 11.4 Å². The van der Waals surface area contributed by atoms with E-state index in [4.69, 9.17) is 20.9 Å². The van der Waals surface area contributed by atoms with Crippen LogP contribution in [0.5, 0.6) is 5.75 Å². The minimum atomic E-state index is 0.134. The molecule has 0 bridgehead atoms. The molecular weight excluding hydrogens is 354 g/mol. The molecule has 0 unspecified atom stereocenters. The lowest BCUT2D eigenvalue weighted by Gasteiger charge is -2.16. The molecule has 132 valence electrons. The van der Waals surface area contributed by atoms with Crippen molar-refractivity contribution in [3.05, 3.63) is 59.4 Å². The number of ether oxygens (including phenoxy) is 1. The second-order valence-electron chi connectivity index (χ2n) is 5.93. The molecule has 7 heteroatoms. The van der Waals surface area contributed by atoms with Crippen molar-refractivity contribution in [2.75, 3.05) is 11.4 Å². The van der Waals surface area contributed by atoms with Crippen LogP contribution in [0.1, 0.15) is 18.7 Å². The van der Waals surface area contributed by atoms with Gasteiger partial charge in [0.25, 0.3) is 5.89 Å². The predicted octanol–water partition coefficient (Wildman–Crippen LogP) is 4.10. The summed E-state index contributed by atoms with van der Waals surface area (Å²) in [6.45, 7) is 0.877. The summed E-state index contributed by atoms with van der Waals surface area (Å²) >= 11 is 6.15. The molecule has 3 aromatic rings. The lowest BCUT2D eigenvalue weighted by molar-refractivity contribution is -0.117. The van der Waals surface area contributed by atoms with Crippen LogP contribution in [0.4, 0.5) is 5.69 Å². The highest BCUT2D eigenvalue weighted by atomic mass is 35.5. The summed E-state index contributed by atoms with van der Waals surface area (Å²) in [6.07, 6.45) is 1.48. The SMILES string of the molecule is O=C1CCCN1c1cccc(OCc2nc(-c3ccccc3Cl)no2)c1. The summed E-state index contributed by atoms with van der Waals surface area (Å²) < 4.78 is 11.0. The smallest absolute Gasteiger partial charge is 0.264 e. The first-order chi connectivity index (χ1) is 12.7. The fraction of sp³-hybridized carbons (Fsp3) is 0.211. The maximum atomic E-state index is 11.9. The minimum absolute atomic E-state index is 0.134. The largest absolute Gasteiger partial charge is 0.484 e. The van der Waals surface area contributed by atoms with Crippen LogP contribution in [0, 0.1) is 0 Å². The number of amides is 1. The third-order valence-electron chi connectivity index (χ3n) is 4.15. The summed E-state index contributed by atoms with van der Waals surface area (Å²) in [6, 6.07) is 14.7. The lowest BCUT2D eigenvalue weighted by atomic mass is 10.2. The number of carbonyl (C=O) groups excluding carboxylic acids is 1. The molecular formula is C19H16ClN3O3. The molecule has 1 saturated heterocycles. The van der Waals surface area contributed by atoms with Gasteiger partial charge in [-0.05, 0) is 30.7 Å². The average Bonchev–Trinajstić information content (AvgIpc) is 3.30. The average molecular weight is 370 g/mol. The highest BCUT2D eigenvalue weighted by Gasteiger charge is 2.22. The maximum Gasteiger partial charge on any atom is 0.264 e. The van der Waals surface area contributed by atoms with Gasteiger partial charge in [0.05, 0.1) is 5.02 Å². The van der Waals surface area contributed by atoms with Gasteiger partial charge in [0.15, 0.2) is 6.61 Å². The number of halogens is 1. The van der Waals surface area contributed by atoms with Gasteiger partial charge in [-0.15, -0.1) is 0 Å². The molecule has 26 heavy (non-hydrogen) atoms. The number of anilines is 1. The number of carbonyl (C=O) groups is 1. The van der Waals surface area contributed by atoms with Gasteiger partial charge in [0.1, 0.15) is 5.75 Å². The summed E-state index contributed by atoms with van der Waals surface area (Å²) in [4.78, 5) is 18.0. The number of rotatable bonds is 5. The van der Waals surface area contributed by atoms with Gasteiger partial charge < -0.3 is 14.2 Å². The molecule has 1 aliphatic heterocycles. The first-order valence-electron chi connectivity index (χ1n) is 8.31. The Morgan fingerprint density at radius 2 is 2.08 bits per heavy atom. The molecule has 1 aliphatic rings. The fourth-order valence-corrected chi connectivity index (χ4v) is 3.09. The van der Waals surface area contributed by atoms with E-state index in [-0.39, 0.29) is 12.5 Å². The molecule has 0 radical (unpaired) electrons. The Bertz CT molecular complexity index is 941. The van der Waals surface area contributed by atoms with Gasteiger partial charge in [-0.2, -0.15) is 4.98 Å². The molecule has 2 heterocycles. The Labute approximate surface area is 155 Å². The first-order valence-corrected chi connectivity index (χ1v) is 8.69. The quantitative estimate of drug-likeness (QED) is 0.677. The van der Waals surface area contributed by atoms with E-state index in [2.05, 4.69) is 10.1 Å². The highest BCUT2D eigenvalue weighted by molar-refractivity contribution is 6.33. The van der Waals surface area contributed by atoms with E-state index >= 15 is 0 Å². The van der Waals surface area contributed by atoms with Crippen LogP contribution in [-0.4, -0.2) is 22.6 Å². The number of hydrogen-bond donors (Lipinski definition) is 0. The Morgan fingerprint density at radius 3 is 2.88 bits per heavy atom. The monoisotopic (exact) mass is 369 g/mol. The number of hydrogen-bond acceptors (Lipinski definition) is 5. The first kappa shape index (κ1) is 16.6. The topological polar surface area (TPSA) is 68.5 Å². The zero-order valence-electron chi connectivity index (χ0n) is 13.9. The van der Waals surface area contributed by atoms with E-state index in [9.17, 15) is 4.79 Å². The van der Waals surface area contributed by atoms with Gasteiger partial charge in [-0.25, -0.2) is 0 Å². The molecule has 0 saturated carbocycles. The van der Waals surface area contributed by atoms with Crippen LogP contribution in [0.3, 0.4) is 0 Å².